The zero-order valence-corrected chi connectivity index (χ0v) is 9.55. The maximum Gasteiger partial charge on any atom is 0.251 e. The van der Waals surface area contributed by atoms with Crippen LogP contribution in [0.15, 0.2) is 12.1 Å². The van der Waals surface area contributed by atoms with E-state index in [0.29, 0.717) is 0 Å². The van der Waals surface area contributed by atoms with Gasteiger partial charge in [-0.15, -0.1) is 0 Å². The molecule has 0 aromatic heterocycles. The molecule has 1 atom stereocenters. The van der Waals surface area contributed by atoms with Crippen LogP contribution >= 0.6 is 0 Å². The summed E-state index contributed by atoms with van der Waals surface area (Å²) in [5, 5.41) is 5.45. The Hall–Kier alpha value is -1.84. The Morgan fingerprint density at radius 1 is 1.38 bits per heavy atom. The van der Waals surface area contributed by atoms with Crippen LogP contribution in [0.2, 0.25) is 0 Å². The first kappa shape index (κ1) is 10.7. The molecule has 1 aromatic rings. The largest absolute Gasteiger partial charge is 0.341 e. The van der Waals surface area contributed by atoms with Gasteiger partial charge in [0.25, 0.3) is 5.91 Å². The van der Waals surface area contributed by atoms with Crippen LogP contribution in [0, 0.1) is 13.8 Å². The van der Waals surface area contributed by atoms with E-state index in [1.54, 1.807) is 0 Å². The predicted octanol–water partition coefficient (Wildman–Crippen LogP) is 1.43. The van der Waals surface area contributed by atoms with Crippen molar-refractivity contribution in [3.05, 3.63) is 28.8 Å². The fourth-order valence-electron chi connectivity index (χ4n) is 2.08. The number of anilines is 1. The van der Waals surface area contributed by atoms with E-state index in [1.807, 2.05) is 26.0 Å². The van der Waals surface area contributed by atoms with Gasteiger partial charge >= 0.3 is 0 Å². The Morgan fingerprint density at radius 2 is 2.06 bits per heavy atom. The second-order valence-electron chi connectivity index (χ2n) is 4.17. The predicted molar refractivity (Wildman–Crippen MR) is 61.1 cm³/mol. The third-order valence-corrected chi connectivity index (χ3v) is 2.68. The lowest BCUT2D eigenvalue weighted by Gasteiger charge is -2.10. The summed E-state index contributed by atoms with van der Waals surface area (Å²) in [7, 11) is 0. The fraction of sp³-hybridized carbons (Fsp3) is 0.333. The number of carbonyl (C=O) groups excluding carboxylic acids is 2. The normalized spacial score (nSPS) is 17.9. The van der Waals surface area contributed by atoms with E-state index in [4.69, 9.17) is 0 Å². The Labute approximate surface area is 94.0 Å². The second-order valence-corrected chi connectivity index (χ2v) is 4.17. The van der Waals surface area contributed by atoms with Crippen molar-refractivity contribution in [3.63, 3.8) is 0 Å². The highest BCUT2D eigenvalue weighted by molar-refractivity contribution is 6.05. The first-order valence-electron chi connectivity index (χ1n) is 5.18. The first-order valence-corrected chi connectivity index (χ1v) is 5.18. The third kappa shape index (κ3) is 1.66. The maximum absolute atomic E-state index is 11.7. The molecule has 4 heteroatoms. The van der Waals surface area contributed by atoms with Gasteiger partial charge in [-0.3, -0.25) is 9.59 Å². The van der Waals surface area contributed by atoms with Crippen LogP contribution in [0.25, 0.3) is 0 Å². The van der Waals surface area contributed by atoms with Crippen LogP contribution < -0.4 is 10.6 Å². The van der Waals surface area contributed by atoms with Gasteiger partial charge in [-0.2, -0.15) is 0 Å². The molecule has 4 nitrogen and oxygen atoms in total. The summed E-state index contributed by atoms with van der Waals surface area (Å²) < 4.78 is 0. The maximum atomic E-state index is 11.7. The molecular formula is C12H14N2O2. The Bertz CT molecular complexity index is 480. The molecule has 0 fully saturated rings. The SMILES string of the molecule is CC(=O)N[C@@H]1C(=O)Nc2c(C)cc(C)cc21. The van der Waals surface area contributed by atoms with Gasteiger partial charge in [-0.05, 0) is 19.4 Å². The van der Waals surface area contributed by atoms with Crippen molar-refractivity contribution in [3.8, 4) is 0 Å². The molecule has 0 saturated carbocycles. The molecule has 0 radical (unpaired) electrons. The van der Waals surface area contributed by atoms with Crippen molar-refractivity contribution in [2.75, 3.05) is 5.32 Å². The molecule has 0 spiro atoms. The molecule has 2 amide bonds. The van der Waals surface area contributed by atoms with Gasteiger partial charge in [0, 0.05) is 18.2 Å². The molecule has 0 aliphatic carbocycles. The summed E-state index contributed by atoms with van der Waals surface area (Å²) >= 11 is 0. The zero-order chi connectivity index (χ0) is 11.9. The lowest BCUT2D eigenvalue weighted by molar-refractivity contribution is -0.124. The van der Waals surface area contributed by atoms with E-state index in [2.05, 4.69) is 10.6 Å². The molecule has 1 aromatic carbocycles. The number of fused-ring (bicyclic) bond motifs is 1. The lowest BCUT2D eigenvalue weighted by atomic mass is 10.0. The van der Waals surface area contributed by atoms with E-state index in [0.717, 1.165) is 22.4 Å². The van der Waals surface area contributed by atoms with E-state index in [1.165, 1.54) is 6.92 Å². The van der Waals surface area contributed by atoms with E-state index in [-0.39, 0.29) is 11.8 Å². The molecule has 2 rings (SSSR count). The van der Waals surface area contributed by atoms with E-state index in [9.17, 15) is 9.59 Å². The van der Waals surface area contributed by atoms with Gasteiger partial charge in [-0.1, -0.05) is 17.7 Å². The zero-order valence-electron chi connectivity index (χ0n) is 9.55. The Kier molecular flexibility index (Phi) is 2.42. The van der Waals surface area contributed by atoms with Crippen molar-refractivity contribution in [2.45, 2.75) is 26.8 Å². The van der Waals surface area contributed by atoms with Crippen LogP contribution in [0.1, 0.15) is 29.7 Å². The Balaban J connectivity index is 2.47. The van der Waals surface area contributed by atoms with E-state index >= 15 is 0 Å². The highest BCUT2D eigenvalue weighted by Crippen LogP contribution is 2.34. The molecule has 0 saturated heterocycles. The van der Waals surface area contributed by atoms with Crippen LogP contribution in [0.4, 0.5) is 5.69 Å². The highest BCUT2D eigenvalue weighted by Gasteiger charge is 2.32. The van der Waals surface area contributed by atoms with Gasteiger partial charge < -0.3 is 10.6 Å². The molecular weight excluding hydrogens is 204 g/mol. The molecule has 16 heavy (non-hydrogen) atoms. The summed E-state index contributed by atoms with van der Waals surface area (Å²) in [5.41, 5.74) is 3.80. The molecule has 1 aliphatic rings. The summed E-state index contributed by atoms with van der Waals surface area (Å²) in [6.07, 6.45) is 0. The number of benzene rings is 1. The number of rotatable bonds is 1. The topological polar surface area (TPSA) is 58.2 Å². The van der Waals surface area contributed by atoms with Crippen molar-refractivity contribution in [1.82, 2.24) is 5.32 Å². The van der Waals surface area contributed by atoms with Gasteiger partial charge in [0.15, 0.2) is 0 Å². The second kappa shape index (κ2) is 3.63. The third-order valence-electron chi connectivity index (χ3n) is 2.68. The molecule has 1 heterocycles. The lowest BCUT2D eigenvalue weighted by Crippen LogP contribution is -2.30. The van der Waals surface area contributed by atoms with Gasteiger partial charge in [0.1, 0.15) is 6.04 Å². The van der Waals surface area contributed by atoms with Crippen molar-refractivity contribution >= 4 is 17.5 Å². The quantitative estimate of drug-likeness (QED) is 0.749. The number of aryl methyl sites for hydroxylation is 2. The molecule has 0 bridgehead atoms. The Morgan fingerprint density at radius 3 is 2.69 bits per heavy atom. The van der Waals surface area contributed by atoms with Crippen LogP contribution in [0.3, 0.4) is 0 Å². The molecule has 84 valence electrons. The van der Waals surface area contributed by atoms with Crippen LogP contribution in [-0.4, -0.2) is 11.8 Å². The molecule has 2 N–H and O–H groups in total. The number of carbonyl (C=O) groups is 2. The summed E-state index contributed by atoms with van der Waals surface area (Å²) in [6.45, 7) is 5.33. The van der Waals surface area contributed by atoms with E-state index < -0.39 is 6.04 Å². The number of amides is 2. The highest BCUT2D eigenvalue weighted by atomic mass is 16.2. The van der Waals surface area contributed by atoms with Gasteiger partial charge in [0.05, 0.1) is 0 Å². The number of hydrogen-bond acceptors (Lipinski definition) is 2. The van der Waals surface area contributed by atoms with Crippen molar-refractivity contribution in [2.24, 2.45) is 0 Å². The summed E-state index contributed by atoms with van der Waals surface area (Å²) in [5.74, 6) is -0.369. The fourth-order valence-corrected chi connectivity index (χ4v) is 2.08. The summed E-state index contributed by atoms with van der Waals surface area (Å²) in [6, 6.07) is 3.39. The van der Waals surface area contributed by atoms with Crippen molar-refractivity contribution in [1.29, 1.82) is 0 Å². The average molecular weight is 218 g/mol. The minimum absolute atomic E-state index is 0.168. The van der Waals surface area contributed by atoms with Crippen molar-refractivity contribution < 1.29 is 9.59 Å². The van der Waals surface area contributed by atoms with Crippen LogP contribution in [-0.2, 0) is 9.59 Å². The minimum Gasteiger partial charge on any atom is -0.341 e. The average Bonchev–Trinajstić information content (AvgIpc) is 2.45. The minimum atomic E-state index is -0.550. The standard InChI is InChI=1S/C12H14N2O2/c1-6-4-7(2)10-9(5-6)11(12(16)14-10)13-8(3)15/h4-5,11H,1-3H3,(H,13,15)(H,14,16)/t11-/m0/s1. The van der Waals surface area contributed by atoms with Gasteiger partial charge in [0.2, 0.25) is 5.91 Å². The molecule has 0 unspecified atom stereocenters. The first-order chi connectivity index (χ1) is 7.49. The number of hydrogen-bond donors (Lipinski definition) is 2. The van der Waals surface area contributed by atoms with Gasteiger partial charge in [-0.25, -0.2) is 0 Å². The number of nitrogens with one attached hydrogen (secondary N) is 2. The summed E-state index contributed by atoms with van der Waals surface area (Å²) in [4.78, 5) is 22.7. The monoisotopic (exact) mass is 218 g/mol. The smallest absolute Gasteiger partial charge is 0.251 e. The molecule has 1 aliphatic heterocycles. The van der Waals surface area contributed by atoms with Crippen LogP contribution in [0.5, 0.6) is 0 Å².